The van der Waals surface area contributed by atoms with E-state index in [-0.39, 0.29) is 34.8 Å². The van der Waals surface area contributed by atoms with Crippen LogP contribution in [0.1, 0.15) is 79.0 Å². The molecule has 11 nitrogen and oxygen atoms in total. The molecule has 0 unspecified atom stereocenters. The lowest BCUT2D eigenvalue weighted by Crippen LogP contribution is -2.35. The number of amides is 1. The molecule has 7 rings (SSSR count). The van der Waals surface area contributed by atoms with E-state index < -0.39 is 86.6 Å². The van der Waals surface area contributed by atoms with Crippen molar-refractivity contribution in [3.05, 3.63) is 94.1 Å². The van der Waals surface area contributed by atoms with Gasteiger partial charge in [-0.05, 0) is 73.4 Å². The lowest BCUT2D eigenvalue weighted by atomic mass is 9.81. The molecule has 3 aromatic heterocycles. The predicted octanol–water partition coefficient (Wildman–Crippen LogP) is 6.71. The number of anilines is 1. The van der Waals surface area contributed by atoms with Gasteiger partial charge >= 0.3 is 6.18 Å². The van der Waals surface area contributed by atoms with Crippen LogP contribution in [0.25, 0.3) is 22.0 Å². The molecule has 1 saturated carbocycles. The maximum Gasteiger partial charge on any atom is 0.435 e. The van der Waals surface area contributed by atoms with Gasteiger partial charge in [0, 0.05) is 41.1 Å². The van der Waals surface area contributed by atoms with Crippen molar-refractivity contribution in [2.75, 3.05) is 11.0 Å². The highest BCUT2D eigenvalue weighted by Crippen LogP contribution is 2.55. The fraction of sp³-hybridized carbons (Fsp3) is 0.385. The molecule has 0 bridgehead atoms. The van der Waals surface area contributed by atoms with Crippen molar-refractivity contribution in [1.29, 1.82) is 0 Å². The number of aromatic nitrogens is 5. The molecule has 2 aliphatic rings. The van der Waals surface area contributed by atoms with Gasteiger partial charge in [-0.1, -0.05) is 31.9 Å². The number of fused-ring (bicyclic) bond motifs is 2. The van der Waals surface area contributed by atoms with Crippen LogP contribution in [0.2, 0.25) is 0 Å². The molecular weight excluding hydrogens is 796 g/mol. The molecule has 306 valence electrons. The molecular formula is C39H36F7N7O4S. The normalized spacial score (nSPS) is 18.9. The van der Waals surface area contributed by atoms with E-state index in [0.717, 1.165) is 31.7 Å². The predicted molar refractivity (Wildman–Crippen MR) is 198 cm³/mol. The van der Waals surface area contributed by atoms with Crippen LogP contribution in [0.5, 0.6) is 0 Å². The van der Waals surface area contributed by atoms with Gasteiger partial charge in [0.1, 0.15) is 35.2 Å². The minimum Gasteiger partial charge on any atom is -0.378 e. The van der Waals surface area contributed by atoms with Crippen LogP contribution in [0, 0.1) is 29.4 Å². The number of carbonyl (C=O) groups excluding carboxylic acids is 1. The summed E-state index contributed by atoms with van der Waals surface area (Å²) in [5, 5.41) is 21.5. The number of carbonyl (C=O) groups is 1. The van der Waals surface area contributed by atoms with Crippen molar-refractivity contribution in [1.82, 2.24) is 29.9 Å². The SMILES string of the molecule is C[C@@H]1c2c(C(F)(F)F)nn(CC(=O)N[C@@H](Cc3cc(F)cc(F)c3)c3nc(C#CC4(O)CCC4)ccc3-c3cccc4c(NS(C)(=O)=O)nn(C)c34)c2C(F)(F)[C@@H]1C. The molecule has 2 aromatic carbocycles. The first-order chi connectivity index (χ1) is 27.0. The Balaban J connectivity index is 1.38. The number of benzene rings is 2. The van der Waals surface area contributed by atoms with Crippen molar-refractivity contribution >= 4 is 32.7 Å². The minimum absolute atomic E-state index is 0.00176. The molecule has 3 N–H and O–H groups in total. The number of para-hydroxylation sites is 1. The molecule has 0 saturated heterocycles. The number of hydrogen-bond acceptors (Lipinski definition) is 7. The minimum atomic E-state index is -5.11. The van der Waals surface area contributed by atoms with Gasteiger partial charge in [0.25, 0.3) is 5.92 Å². The van der Waals surface area contributed by atoms with E-state index in [2.05, 4.69) is 32.1 Å². The van der Waals surface area contributed by atoms with E-state index in [4.69, 9.17) is 4.98 Å². The third-order valence-corrected chi connectivity index (χ3v) is 11.2. The number of aliphatic hydroxyl groups is 1. The summed E-state index contributed by atoms with van der Waals surface area (Å²) in [5.41, 5.74) is -3.34. The van der Waals surface area contributed by atoms with Crippen LogP contribution < -0.4 is 10.0 Å². The first kappa shape index (κ1) is 40.7. The average molecular weight is 832 g/mol. The summed E-state index contributed by atoms with van der Waals surface area (Å²) < 4.78 is 131. The van der Waals surface area contributed by atoms with Crippen LogP contribution in [-0.2, 0) is 46.9 Å². The first-order valence-electron chi connectivity index (χ1n) is 18.1. The number of hydrogen-bond donors (Lipinski definition) is 3. The second-order valence-electron chi connectivity index (χ2n) is 14.9. The average Bonchev–Trinajstić information content (AvgIpc) is 3.70. The molecule has 3 atom stereocenters. The van der Waals surface area contributed by atoms with E-state index in [9.17, 15) is 40.3 Å². The van der Waals surface area contributed by atoms with Gasteiger partial charge in [0.2, 0.25) is 15.9 Å². The number of aryl methyl sites for hydroxylation is 1. The molecule has 1 fully saturated rings. The van der Waals surface area contributed by atoms with Crippen LogP contribution in [0.3, 0.4) is 0 Å². The Bertz CT molecular complexity index is 2620. The van der Waals surface area contributed by atoms with E-state index in [1.54, 1.807) is 31.3 Å². The Morgan fingerprint density at radius 2 is 1.74 bits per heavy atom. The Morgan fingerprint density at radius 1 is 1.05 bits per heavy atom. The lowest BCUT2D eigenvalue weighted by Gasteiger charge is -2.30. The highest BCUT2D eigenvalue weighted by atomic mass is 32.2. The Morgan fingerprint density at radius 3 is 2.36 bits per heavy atom. The van der Waals surface area contributed by atoms with Gasteiger partial charge < -0.3 is 10.4 Å². The summed E-state index contributed by atoms with van der Waals surface area (Å²) in [4.78, 5) is 18.7. The van der Waals surface area contributed by atoms with Crippen LogP contribution in [-0.4, -0.2) is 55.8 Å². The van der Waals surface area contributed by atoms with E-state index in [1.807, 2.05) is 0 Å². The molecule has 19 heteroatoms. The van der Waals surface area contributed by atoms with Gasteiger partial charge in [0.15, 0.2) is 11.5 Å². The summed E-state index contributed by atoms with van der Waals surface area (Å²) in [6.07, 6.45) is -2.94. The number of rotatable bonds is 9. The molecule has 0 spiro atoms. The highest BCUT2D eigenvalue weighted by Gasteiger charge is 2.57. The maximum absolute atomic E-state index is 15.6. The van der Waals surface area contributed by atoms with Gasteiger partial charge in [-0.15, -0.1) is 0 Å². The smallest absolute Gasteiger partial charge is 0.378 e. The lowest BCUT2D eigenvalue weighted by molar-refractivity contribution is -0.143. The third kappa shape index (κ3) is 7.74. The molecule has 58 heavy (non-hydrogen) atoms. The van der Waals surface area contributed by atoms with Crippen molar-refractivity contribution in [2.45, 2.75) is 75.7 Å². The van der Waals surface area contributed by atoms with E-state index in [0.29, 0.717) is 40.1 Å². The quantitative estimate of drug-likeness (QED) is 0.111. The number of halogens is 7. The Labute approximate surface area is 327 Å². The molecule has 2 aliphatic carbocycles. The summed E-state index contributed by atoms with van der Waals surface area (Å²) in [7, 11) is -2.23. The zero-order valence-electron chi connectivity index (χ0n) is 31.3. The van der Waals surface area contributed by atoms with Crippen LogP contribution >= 0.6 is 0 Å². The zero-order valence-corrected chi connectivity index (χ0v) is 32.2. The summed E-state index contributed by atoms with van der Waals surface area (Å²) in [6, 6.07) is 9.23. The summed E-state index contributed by atoms with van der Waals surface area (Å²) in [5.74, 6) is -3.93. The topological polar surface area (TPSA) is 144 Å². The van der Waals surface area contributed by atoms with Crippen LogP contribution in [0.4, 0.5) is 36.6 Å². The fourth-order valence-corrected chi connectivity index (χ4v) is 8.08. The van der Waals surface area contributed by atoms with E-state index in [1.165, 1.54) is 17.7 Å². The van der Waals surface area contributed by atoms with Gasteiger partial charge in [-0.25, -0.2) is 22.2 Å². The zero-order chi connectivity index (χ0) is 42.1. The maximum atomic E-state index is 15.6. The first-order valence-corrected chi connectivity index (χ1v) is 19.9. The summed E-state index contributed by atoms with van der Waals surface area (Å²) >= 11 is 0. The highest BCUT2D eigenvalue weighted by molar-refractivity contribution is 7.92. The number of pyridine rings is 1. The number of alkyl halides is 5. The van der Waals surface area contributed by atoms with E-state index >= 15 is 8.78 Å². The molecule has 5 aromatic rings. The van der Waals surface area contributed by atoms with Crippen LogP contribution in [0.15, 0.2) is 48.5 Å². The van der Waals surface area contributed by atoms with Crippen molar-refractivity contribution in [3.8, 4) is 23.0 Å². The molecule has 0 aliphatic heterocycles. The van der Waals surface area contributed by atoms with Crippen molar-refractivity contribution in [3.63, 3.8) is 0 Å². The van der Waals surface area contributed by atoms with Crippen molar-refractivity contribution in [2.24, 2.45) is 13.0 Å². The second kappa shape index (κ2) is 14.4. The standard InChI is InChI=1S/C39H36F7N7O4S/c1-20-21(2)38(42,43)35-31(20)34(39(44,45)46)49-53(35)19-30(54)48-29(17-22-15-23(40)18-24(41)16-22)32-26(10-9-25(47-32)11-14-37(55)12-6-13-37)27-7-5-8-28-33(27)52(3)50-36(28)51-58(4,56)57/h5,7-10,15-16,18,20-21,29,55H,6,12-13,17,19H2,1-4H3,(H,48,54)(H,50,51)/t20-,21+,29-/m0/s1. The summed E-state index contributed by atoms with van der Waals surface area (Å²) in [6.45, 7) is 1.25. The molecule has 1 amide bonds. The largest absolute Gasteiger partial charge is 0.435 e. The fourth-order valence-electron chi connectivity index (χ4n) is 7.58. The number of sulfonamides is 1. The monoisotopic (exact) mass is 831 g/mol. The van der Waals surface area contributed by atoms with Gasteiger partial charge in [-0.3, -0.25) is 18.9 Å². The second-order valence-corrected chi connectivity index (χ2v) is 16.6. The molecule has 3 heterocycles. The van der Waals surface area contributed by atoms with Gasteiger partial charge in [-0.2, -0.15) is 32.1 Å². The Hall–Kier alpha value is -5.48. The third-order valence-electron chi connectivity index (χ3n) is 10.6. The van der Waals surface area contributed by atoms with Crippen molar-refractivity contribution < 1.29 is 49.1 Å². The molecule has 0 radical (unpaired) electrons. The van der Waals surface area contributed by atoms with Gasteiger partial charge in [0.05, 0.1) is 23.5 Å². The number of nitrogens with zero attached hydrogens (tertiary/aromatic N) is 5. The number of nitrogens with one attached hydrogen (secondary N) is 2. The Kier molecular flexibility index (Phi) is 10.1.